The van der Waals surface area contributed by atoms with Gasteiger partial charge in [-0.05, 0) is 58.5 Å². The molecule has 0 spiro atoms. The molecule has 24 heavy (non-hydrogen) atoms. The Morgan fingerprint density at radius 2 is 2.08 bits per heavy atom. The third kappa shape index (κ3) is 4.03. The van der Waals surface area contributed by atoms with Gasteiger partial charge in [-0.2, -0.15) is 4.98 Å². The number of hydrogen-bond acceptors (Lipinski definition) is 5. The zero-order valence-electron chi connectivity index (χ0n) is 14.7. The van der Waals surface area contributed by atoms with Gasteiger partial charge in [0.2, 0.25) is 0 Å². The summed E-state index contributed by atoms with van der Waals surface area (Å²) in [6.45, 7) is 1.88. The first kappa shape index (κ1) is 18.0. The lowest BCUT2D eigenvalue weighted by Crippen LogP contribution is -2.38. The maximum Gasteiger partial charge on any atom is 0.348 e. The second kappa shape index (κ2) is 8.50. The minimum atomic E-state index is -0.136. The first-order valence-electron chi connectivity index (χ1n) is 9.27. The molecular weight excluding hydrogens is 322 g/mol. The van der Waals surface area contributed by atoms with Crippen molar-refractivity contribution in [2.45, 2.75) is 69.0 Å². The van der Waals surface area contributed by atoms with Crippen LogP contribution in [0, 0.1) is 0 Å². The molecule has 0 radical (unpaired) electrons. The molecule has 3 rings (SSSR count). The Bertz CT molecular complexity index is 617. The number of aliphatic hydroxyl groups excluding tert-OH is 1. The number of aromatic nitrogens is 2. The second-order valence-corrected chi connectivity index (χ2v) is 8.01. The van der Waals surface area contributed by atoms with Gasteiger partial charge in [0.15, 0.2) is 0 Å². The maximum absolute atomic E-state index is 12.5. The van der Waals surface area contributed by atoms with Crippen molar-refractivity contribution >= 4 is 11.8 Å². The highest BCUT2D eigenvalue weighted by atomic mass is 32.2. The number of thioether (sulfide) groups is 1. The summed E-state index contributed by atoms with van der Waals surface area (Å²) >= 11 is 1.78. The molecule has 134 valence electrons. The highest BCUT2D eigenvalue weighted by Crippen LogP contribution is 2.30. The molecule has 1 fully saturated rings. The van der Waals surface area contributed by atoms with Crippen molar-refractivity contribution in [3.63, 3.8) is 0 Å². The van der Waals surface area contributed by atoms with Crippen molar-refractivity contribution in [3.8, 4) is 0 Å². The van der Waals surface area contributed by atoms with Gasteiger partial charge in [0.25, 0.3) is 0 Å². The summed E-state index contributed by atoms with van der Waals surface area (Å²) in [5.74, 6) is 1.02. The summed E-state index contributed by atoms with van der Waals surface area (Å²) in [5, 5.41) is 10.1. The lowest BCUT2D eigenvalue weighted by molar-refractivity contribution is 0.204. The van der Waals surface area contributed by atoms with E-state index in [1.165, 1.54) is 43.5 Å². The van der Waals surface area contributed by atoms with Crippen LogP contribution in [0.3, 0.4) is 0 Å². The van der Waals surface area contributed by atoms with E-state index in [1.54, 1.807) is 11.8 Å². The summed E-state index contributed by atoms with van der Waals surface area (Å²) in [6.07, 6.45) is 8.80. The minimum Gasteiger partial charge on any atom is -0.396 e. The van der Waals surface area contributed by atoms with Gasteiger partial charge in [-0.1, -0.05) is 6.42 Å². The minimum absolute atomic E-state index is 0.117. The largest absolute Gasteiger partial charge is 0.396 e. The fourth-order valence-corrected chi connectivity index (χ4v) is 5.16. The number of rotatable bonds is 6. The van der Waals surface area contributed by atoms with E-state index in [-0.39, 0.29) is 12.3 Å². The van der Waals surface area contributed by atoms with Gasteiger partial charge in [-0.25, -0.2) is 4.79 Å². The van der Waals surface area contributed by atoms with E-state index in [0.29, 0.717) is 19.0 Å². The Labute approximate surface area is 148 Å². The van der Waals surface area contributed by atoms with Gasteiger partial charge in [-0.15, -0.1) is 11.8 Å². The van der Waals surface area contributed by atoms with Crippen LogP contribution in [-0.2, 0) is 19.4 Å². The van der Waals surface area contributed by atoms with Crippen LogP contribution in [-0.4, -0.2) is 51.6 Å². The van der Waals surface area contributed by atoms with Crippen LogP contribution in [0.4, 0.5) is 0 Å². The quantitative estimate of drug-likeness (QED) is 0.628. The number of likely N-dealkylation sites (tertiary alicyclic amines) is 1. The number of aliphatic hydroxyl groups is 1. The highest BCUT2D eigenvalue weighted by Gasteiger charge is 2.23. The first-order valence-corrected chi connectivity index (χ1v) is 10.3. The Morgan fingerprint density at radius 1 is 1.25 bits per heavy atom. The fourth-order valence-electron chi connectivity index (χ4n) is 3.86. The fraction of sp³-hybridized carbons (Fsp3) is 0.778. The van der Waals surface area contributed by atoms with Crippen LogP contribution < -0.4 is 5.69 Å². The first-order chi connectivity index (χ1) is 11.7. The van der Waals surface area contributed by atoms with Gasteiger partial charge < -0.3 is 10.0 Å². The topological polar surface area (TPSA) is 58.4 Å². The van der Waals surface area contributed by atoms with Gasteiger partial charge in [0.05, 0.1) is 0 Å². The Balaban J connectivity index is 1.80. The summed E-state index contributed by atoms with van der Waals surface area (Å²) in [7, 11) is 2.21. The third-order valence-corrected chi connectivity index (χ3v) is 6.49. The third-order valence-electron chi connectivity index (χ3n) is 5.32. The maximum atomic E-state index is 12.5. The molecule has 0 saturated carbocycles. The average Bonchev–Trinajstić information content (AvgIpc) is 2.60. The average molecular weight is 352 g/mol. The molecule has 1 N–H and O–H groups in total. The summed E-state index contributed by atoms with van der Waals surface area (Å²) < 4.78 is 1.81. The summed E-state index contributed by atoms with van der Waals surface area (Å²) in [5.41, 5.74) is 2.33. The van der Waals surface area contributed by atoms with Crippen molar-refractivity contribution in [2.24, 2.45) is 0 Å². The Kier molecular flexibility index (Phi) is 6.36. The van der Waals surface area contributed by atoms with Gasteiger partial charge >= 0.3 is 5.69 Å². The van der Waals surface area contributed by atoms with E-state index in [4.69, 9.17) is 5.11 Å². The van der Waals surface area contributed by atoms with E-state index in [2.05, 4.69) is 16.9 Å². The van der Waals surface area contributed by atoms with E-state index in [9.17, 15) is 4.79 Å². The second-order valence-electron chi connectivity index (χ2n) is 7.00. The van der Waals surface area contributed by atoms with Crippen LogP contribution in [0.1, 0.15) is 49.8 Å². The van der Waals surface area contributed by atoms with E-state index in [1.807, 2.05) is 4.57 Å². The van der Waals surface area contributed by atoms with Crippen molar-refractivity contribution in [2.75, 3.05) is 26.0 Å². The molecule has 1 aliphatic heterocycles. The number of fused-ring (bicyclic) bond motifs is 1. The molecule has 1 aromatic rings. The van der Waals surface area contributed by atoms with E-state index >= 15 is 0 Å². The van der Waals surface area contributed by atoms with Crippen molar-refractivity contribution in [3.05, 3.63) is 21.7 Å². The van der Waals surface area contributed by atoms with Crippen LogP contribution in [0.15, 0.2) is 9.82 Å². The lowest BCUT2D eigenvalue weighted by Gasteiger charge is -2.32. The molecule has 0 aromatic carbocycles. The van der Waals surface area contributed by atoms with Crippen LogP contribution >= 0.6 is 11.8 Å². The molecule has 6 heteroatoms. The van der Waals surface area contributed by atoms with Crippen molar-refractivity contribution in [1.82, 2.24) is 14.5 Å². The predicted octanol–water partition coefficient (Wildman–Crippen LogP) is 2.08. The number of hydrogen-bond donors (Lipinski definition) is 1. The van der Waals surface area contributed by atoms with Crippen LogP contribution in [0.2, 0.25) is 0 Å². The zero-order chi connectivity index (χ0) is 16.9. The molecule has 2 aliphatic rings. The van der Waals surface area contributed by atoms with E-state index in [0.717, 1.165) is 30.0 Å². The lowest BCUT2D eigenvalue weighted by atomic mass is 9.97. The number of piperidine rings is 1. The van der Waals surface area contributed by atoms with Crippen molar-refractivity contribution in [1.29, 1.82) is 0 Å². The Morgan fingerprint density at radius 3 is 2.88 bits per heavy atom. The molecule has 5 nitrogen and oxygen atoms in total. The smallest absolute Gasteiger partial charge is 0.348 e. The van der Waals surface area contributed by atoms with Crippen molar-refractivity contribution < 1.29 is 5.11 Å². The SMILES string of the molecule is CN1CCCCC1CSc1nc(=O)n(CCCO)c2c1CCCC2. The summed E-state index contributed by atoms with van der Waals surface area (Å²) in [6, 6.07) is 0.599. The number of nitrogens with zero attached hydrogens (tertiary/aromatic N) is 3. The monoisotopic (exact) mass is 351 g/mol. The standard InChI is InChI=1S/C18H29N3O2S/c1-20-10-5-4-7-14(20)13-24-17-15-8-2-3-9-16(15)21(11-6-12-22)18(23)19-17/h14,22H,2-13H2,1H3. The van der Waals surface area contributed by atoms with Crippen LogP contribution in [0.5, 0.6) is 0 Å². The zero-order valence-corrected chi connectivity index (χ0v) is 15.5. The predicted molar refractivity (Wildman–Crippen MR) is 97.8 cm³/mol. The Hall–Kier alpha value is -0.850. The molecule has 1 atom stereocenters. The molecule has 2 heterocycles. The highest BCUT2D eigenvalue weighted by molar-refractivity contribution is 7.99. The van der Waals surface area contributed by atoms with Gasteiger partial charge in [0, 0.05) is 36.2 Å². The van der Waals surface area contributed by atoms with Gasteiger partial charge in [0.1, 0.15) is 5.03 Å². The molecule has 0 bridgehead atoms. The molecule has 1 unspecified atom stereocenters. The molecule has 1 aliphatic carbocycles. The molecule has 0 amide bonds. The normalized spacial score (nSPS) is 21.7. The molecule has 1 saturated heterocycles. The molecular formula is C18H29N3O2S. The summed E-state index contributed by atoms with van der Waals surface area (Å²) in [4.78, 5) is 19.3. The van der Waals surface area contributed by atoms with Gasteiger partial charge in [-0.3, -0.25) is 4.57 Å². The van der Waals surface area contributed by atoms with Crippen LogP contribution in [0.25, 0.3) is 0 Å². The van der Waals surface area contributed by atoms with E-state index < -0.39 is 0 Å². The molecule has 1 aromatic heterocycles.